The van der Waals surface area contributed by atoms with Crippen LogP contribution in [0.5, 0.6) is 5.75 Å². The van der Waals surface area contributed by atoms with Crippen LogP contribution in [-0.4, -0.2) is 15.9 Å². The molecule has 2 aromatic rings. The van der Waals surface area contributed by atoms with Gasteiger partial charge < -0.3 is 10.1 Å². The summed E-state index contributed by atoms with van der Waals surface area (Å²) < 4.78 is 7.67. The number of rotatable bonds is 7. The predicted molar refractivity (Wildman–Crippen MR) is 82.1 cm³/mol. The van der Waals surface area contributed by atoms with Crippen molar-refractivity contribution in [3.63, 3.8) is 0 Å². The maximum Gasteiger partial charge on any atom is 0.119 e. The molecule has 2 rings (SSSR count). The van der Waals surface area contributed by atoms with Gasteiger partial charge in [-0.1, -0.05) is 6.92 Å². The van der Waals surface area contributed by atoms with E-state index in [-0.39, 0.29) is 6.10 Å². The van der Waals surface area contributed by atoms with E-state index in [0.717, 1.165) is 30.9 Å². The largest absolute Gasteiger partial charge is 0.491 e. The van der Waals surface area contributed by atoms with Crippen molar-refractivity contribution >= 4 is 5.69 Å². The maximum absolute atomic E-state index is 5.63. The molecule has 0 spiro atoms. The minimum atomic E-state index is 0.206. The third kappa shape index (κ3) is 4.02. The zero-order chi connectivity index (χ0) is 14.4. The summed E-state index contributed by atoms with van der Waals surface area (Å²) in [6.45, 7) is 7.96. The molecule has 0 amide bonds. The number of aryl methyl sites for hydroxylation is 1. The van der Waals surface area contributed by atoms with Gasteiger partial charge in [0.05, 0.1) is 18.3 Å². The van der Waals surface area contributed by atoms with Crippen molar-refractivity contribution in [2.45, 2.75) is 46.4 Å². The number of ether oxygens (including phenoxy) is 1. The molecule has 0 fully saturated rings. The molecule has 1 aromatic carbocycles. The SMILES string of the molecule is CCCn1nccc1CNc1ccc(OC(C)C)cc1. The highest BCUT2D eigenvalue weighted by molar-refractivity contribution is 5.46. The van der Waals surface area contributed by atoms with Crippen molar-refractivity contribution < 1.29 is 4.74 Å². The Kier molecular flexibility index (Phi) is 5.04. The molecule has 0 aliphatic rings. The molecule has 4 nitrogen and oxygen atoms in total. The molecule has 108 valence electrons. The Morgan fingerprint density at radius 2 is 1.95 bits per heavy atom. The van der Waals surface area contributed by atoms with Crippen LogP contribution in [0.2, 0.25) is 0 Å². The number of nitrogens with zero attached hydrogens (tertiary/aromatic N) is 2. The number of hydrogen-bond acceptors (Lipinski definition) is 3. The van der Waals surface area contributed by atoms with Crippen molar-refractivity contribution in [3.05, 3.63) is 42.2 Å². The Morgan fingerprint density at radius 3 is 2.60 bits per heavy atom. The second-order valence-electron chi connectivity index (χ2n) is 5.09. The third-order valence-electron chi connectivity index (χ3n) is 2.94. The van der Waals surface area contributed by atoms with Gasteiger partial charge in [-0.15, -0.1) is 0 Å². The van der Waals surface area contributed by atoms with Crippen LogP contribution in [0, 0.1) is 0 Å². The van der Waals surface area contributed by atoms with Crippen LogP contribution in [-0.2, 0) is 13.1 Å². The molecule has 1 N–H and O–H groups in total. The molecule has 0 atom stereocenters. The Labute approximate surface area is 120 Å². The van der Waals surface area contributed by atoms with Crippen LogP contribution in [0.15, 0.2) is 36.5 Å². The third-order valence-corrected chi connectivity index (χ3v) is 2.94. The first kappa shape index (κ1) is 14.4. The molecule has 1 aromatic heterocycles. The standard InChI is InChI=1S/C16H23N3O/c1-4-11-19-15(9-10-18-19)12-17-14-5-7-16(8-6-14)20-13(2)3/h5-10,13,17H,4,11-12H2,1-3H3. The fourth-order valence-electron chi connectivity index (χ4n) is 2.04. The van der Waals surface area contributed by atoms with Crippen LogP contribution < -0.4 is 10.1 Å². The lowest BCUT2D eigenvalue weighted by molar-refractivity contribution is 0.242. The first-order chi connectivity index (χ1) is 9.69. The molecule has 0 unspecified atom stereocenters. The number of benzene rings is 1. The fourth-order valence-corrected chi connectivity index (χ4v) is 2.04. The van der Waals surface area contributed by atoms with Crippen LogP contribution in [0.1, 0.15) is 32.9 Å². The van der Waals surface area contributed by atoms with E-state index in [1.165, 1.54) is 5.69 Å². The Morgan fingerprint density at radius 1 is 1.20 bits per heavy atom. The molecular weight excluding hydrogens is 250 g/mol. The van der Waals surface area contributed by atoms with Crippen molar-refractivity contribution in [1.29, 1.82) is 0 Å². The van der Waals surface area contributed by atoms with Crippen LogP contribution in [0.3, 0.4) is 0 Å². The monoisotopic (exact) mass is 273 g/mol. The van der Waals surface area contributed by atoms with Crippen molar-refractivity contribution in [1.82, 2.24) is 9.78 Å². The topological polar surface area (TPSA) is 39.1 Å². The van der Waals surface area contributed by atoms with Crippen LogP contribution >= 0.6 is 0 Å². The molecule has 4 heteroatoms. The first-order valence-electron chi connectivity index (χ1n) is 7.20. The van der Waals surface area contributed by atoms with E-state index in [0.29, 0.717) is 0 Å². The second kappa shape index (κ2) is 6.98. The van der Waals surface area contributed by atoms with Gasteiger partial charge in [0.1, 0.15) is 5.75 Å². The van der Waals surface area contributed by atoms with Gasteiger partial charge in [0, 0.05) is 18.4 Å². The zero-order valence-electron chi connectivity index (χ0n) is 12.5. The van der Waals surface area contributed by atoms with Gasteiger partial charge in [0.25, 0.3) is 0 Å². The number of aromatic nitrogens is 2. The normalized spacial score (nSPS) is 10.8. The Balaban J connectivity index is 1.92. The van der Waals surface area contributed by atoms with E-state index in [4.69, 9.17) is 4.74 Å². The summed E-state index contributed by atoms with van der Waals surface area (Å²) in [6.07, 6.45) is 3.15. The minimum absolute atomic E-state index is 0.206. The second-order valence-corrected chi connectivity index (χ2v) is 5.09. The molecule has 1 heterocycles. The quantitative estimate of drug-likeness (QED) is 0.836. The number of anilines is 1. The summed E-state index contributed by atoms with van der Waals surface area (Å²) in [5, 5.41) is 7.73. The van der Waals surface area contributed by atoms with E-state index < -0.39 is 0 Å². The van der Waals surface area contributed by atoms with Gasteiger partial charge >= 0.3 is 0 Å². The highest BCUT2D eigenvalue weighted by Gasteiger charge is 2.02. The lowest BCUT2D eigenvalue weighted by Gasteiger charge is -2.11. The molecule has 20 heavy (non-hydrogen) atoms. The van der Waals surface area contributed by atoms with E-state index in [9.17, 15) is 0 Å². The number of hydrogen-bond donors (Lipinski definition) is 1. The minimum Gasteiger partial charge on any atom is -0.491 e. The first-order valence-corrected chi connectivity index (χ1v) is 7.20. The fraction of sp³-hybridized carbons (Fsp3) is 0.438. The van der Waals surface area contributed by atoms with Gasteiger partial charge in [0.2, 0.25) is 0 Å². The molecule has 0 radical (unpaired) electrons. The average molecular weight is 273 g/mol. The zero-order valence-corrected chi connectivity index (χ0v) is 12.5. The predicted octanol–water partition coefficient (Wildman–Crippen LogP) is 3.69. The van der Waals surface area contributed by atoms with E-state index in [1.54, 1.807) is 0 Å². The van der Waals surface area contributed by atoms with E-state index in [1.807, 2.05) is 49.0 Å². The smallest absolute Gasteiger partial charge is 0.119 e. The summed E-state index contributed by atoms with van der Waals surface area (Å²) in [5.41, 5.74) is 2.29. The Bertz CT molecular complexity index is 517. The molecule has 0 bridgehead atoms. The van der Waals surface area contributed by atoms with Gasteiger partial charge in [-0.2, -0.15) is 5.10 Å². The molecule has 0 aliphatic heterocycles. The average Bonchev–Trinajstić information content (AvgIpc) is 2.85. The van der Waals surface area contributed by atoms with Gasteiger partial charge in [-0.05, 0) is 50.6 Å². The van der Waals surface area contributed by atoms with Crippen molar-refractivity contribution in [2.75, 3.05) is 5.32 Å². The van der Waals surface area contributed by atoms with Crippen LogP contribution in [0.25, 0.3) is 0 Å². The molecule has 0 saturated heterocycles. The summed E-state index contributed by atoms with van der Waals surface area (Å²) >= 11 is 0. The van der Waals surface area contributed by atoms with Gasteiger partial charge in [0.15, 0.2) is 0 Å². The maximum atomic E-state index is 5.63. The highest BCUT2D eigenvalue weighted by atomic mass is 16.5. The van der Waals surface area contributed by atoms with Crippen LogP contribution in [0.4, 0.5) is 5.69 Å². The van der Waals surface area contributed by atoms with E-state index >= 15 is 0 Å². The van der Waals surface area contributed by atoms with Gasteiger partial charge in [-0.3, -0.25) is 4.68 Å². The lowest BCUT2D eigenvalue weighted by atomic mass is 10.3. The van der Waals surface area contributed by atoms with Crippen molar-refractivity contribution in [3.8, 4) is 5.75 Å². The number of nitrogens with one attached hydrogen (secondary N) is 1. The molecular formula is C16H23N3O. The molecule has 0 saturated carbocycles. The summed E-state index contributed by atoms with van der Waals surface area (Å²) in [5.74, 6) is 0.904. The summed E-state index contributed by atoms with van der Waals surface area (Å²) in [7, 11) is 0. The van der Waals surface area contributed by atoms with Crippen molar-refractivity contribution in [2.24, 2.45) is 0 Å². The summed E-state index contributed by atoms with van der Waals surface area (Å²) in [4.78, 5) is 0. The lowest BCUT2D eigenvalue weighted by Crippen LogP contribution is -2.09. The van der Waals surface area contributed by atoms with Gasteiger partial charge in [-0.25, -0.2) is 0 Å². The Hall–Kier alpha value is -1.97. The van der Waals surface area contributed by atoms with E-state index in [2.05, 4.69) is 23.4 Å². The molecule has 0 aliphatic carbocycles. The summed E-state index contributed by atoms with van der Waals surface area (Å²) in [6, 6.07) is 10.1. The highest BCUT2D eigenvalue weighted by Crippen LogP contribution is 2.17.